The van der Waals surface area contributed by atoms with Crippen molar-refractivity contribution in [2.45, 2.75) is 25.3 Å². The molecule has 0 bridgehead atoms. The van der Waals surface area contributed by atoms with E-state index in [1.54, 1.807) is 31.4 Å². The second kappa shape index (κ2) is 9.59. The van der Waals surface area contributed by atoms with E-state index < -0.39 is 0 Å². The Bertz CT molecular complexity index is 931. The summed E-state index contributed by atoms with van der Waals surface area (Å²) >= 11 is 0. The van der Waals surface area contributed by atoms with Crippen LogP contribution in [0.2, 0.25) is 0 Å². The third-order valence-corrected chi connectivity index (χ3v) is 5.50. The van der Waals surface area contributed by atoms with Crippen LogP contribution in [0.1, 0.15) is 30.9 Å². The number of urea groups is 1. The highest BCUT2D eigenvalue weighted by Crippen LogP contribution is 2.38. The number of ether oxygens (including phenoxy) is 3. The number of amides is 3. The van der Waals surface area contributed by atoms with Gasteiger partial charge in [-0.25, -0.2) is 4.79 Å². The average molecular weight is 425 g/mol. The number of carbonyl (C=O) groups is 2. The van der Waals surface area contributed by atoms with Gasteiger partial charge in [0.05, 0.1) is 13.2 Å². The van der Waals surface area contributed by atoms with Crippen LogP contribution >= 0.6 is 0 Å². The van der Waals surface area contributed by atoms with Crippen LogP contribution < -0.4 is 24.8 Å². The van der Waals surface area contributed by atoms with Crippen molar-refractivity contribution in [2.75, 3.05) is 38.7 Å². The van der Waals surface area contributed by atoms with Crippen molar-refractivity contribution in [2.24, 2.45) is 0 Å². The summed E-state index contributed by atoms with van der Waals surface area (Å²) < 4.78 is 16.4. The Labute approximate surface area is 181 Å². The first-order valence-electron chi connectivity index (χ1n) is 10.5. The molecule has 1 saturated heterocycles. The molecule has 0 aliphatic carbocycles. The Morgan fingerprint density at radius 2 is 1.87 bits per heavy atom. The van der Waals surface area contributed by atoms with Gasteiger partial charge >= 0.3 is 6.03 Å². The van der Waals surface area contributed by atoms with Crippen LogP contribution in [0, 0.1) is 0 Å². The number of carbonyl (C=O) groups excluding carboxylic acids is 2. The predicted molar refractivity (Wildman–Crippen MR) is 116 cm³/mol. The molecule has 2 aliphatic heterocycles. The molecular formula is C23H27N3O5. The van der Waals surface area contributed by atoms with E-state index in [0.717, 1.165) is 42.2 Å². The van der Waals surface area contributed by atoms with Gasteiger partial charge in [0.1, 0.15) is 19.0 Å². The lowest BCUT2D eigenvalue weighted by atomic mass is 10.0. The summed E-state index contributed by atoms with van der Waals surface area (Å²) in [6.45, 7) is 2.08. The maximum Gasteiger partial charge on any atom is 0.319 e. The van der Waals surface area contributed by atoms with Crippen molar-refractivity contribution in [3.63, 3.8) is 0 Å². The van der Waals surface area contributed by atoms with Gasteiger partial charge in [0.25, 0.3) is 0 Å². The van der Waals surface area contributed by atoms with E-state index in [0.29, 0.717) is 18.9 Å². The zero-order chi connectivity index (χ0) is 21.6. The predicted octanol–water partition coefficient (Wildman–Crippen LogP) is 3.34. The molecule has 0 unspecified atom stereocenters. The fourth-order valence-electron chi connectivity index (χ4n) is 3.96. The van der Waals surface area contributed by atoms with E-state index in [4.69, 9.17) is 14.2 Å². The first-order valence-corrected chi connectivity index (χ1v) is 10.5. The Kier molecular flexibility index (Phi) is 6.45. The molecule has 0 spiro atoms. The Morgan fingerprint density at radius 1 is 1.10 bits per heavy atom. The molecular weight excluding hydrogens is 398 g/mol. The summed E-state index contributed by atoms with van der Waals surface area (Å²) in [5.74, 6) is 2.23. The first-order chi connectivity index (χ1) is 15.1. The van der Waals surface area contributed by atoms with Gasteiger partial charge in [0.2, 0.25) is 5.91 Å². The molecule has 2 N–H and O–H groups in total. The summed E-state index contributed by atoms with van der Waals surface area (Å²) in [4.78, 5) is 26.8. The lowest BCUT2D eigenvalue weighted by Gasteiger charge is -2.27. The van der Waals surface area contributed by atoms with Gasteiger partial charge in [-0.1, -0.05) is 6.07 Å². The molecule has 4 rings (SSSR count). The highest BCUT2D eigenvalue weighted by molar-refractivity contribution is 5.89. The van der Waals surface area contributed by atoms with Gasteiger partial charge < -0.3 is 29.7 Å². The number of hydrogen-bond acceptors (Lipinski definition) is 5. The van der Waals surface area contributed by atoms with Crippen LogP contribution in [0.25, 0.3) is 0 Å². The molecule has 2 heterocycles. The Hall–Kier alpha value is -3.42. The van der Waals surface area contributed by atoms with Crippen molar-refractivity contribution in [1.82, 2.24) is 10.2 Å². The number of hydrogen-bond donors (Lipinski definition) is 2. The van der Waals surface area contributed by atoms with E-state index in [1.807, 2.05) is 23.1 Å². The lowest BCUT2D eigenvalue weighted by molar-refractivity contribution is -0.132. The van der Waals surface area contributed by atoms with Crippen LogP contribution in [0.15, 0.2) is 42.5 Å². The molecule has 8 nitrogen and oxygen atoms in total. The van der Waals surface area contributed by atoms with Crippen LogP contribution in [-0.2, 0) is 4.79 Å². The molecule has 2 aromatic rings. The summed E-state index contributed by atoms with van der Waals surface area (Å²) in [5, 5.41) is 5.49. The van der Waals surface area contributed by atoms with Gasteiger partial charge in [-0.05, 0) is 54.8 Å². The maximum absolute atomic E-state index is 12.8. The minimum Gasteiger partial charge on any atom is -0.497 e. The molecule has 8 heteroatoms. The van der Waals surface area contributed by atoms with Crippen molar-refractivity contribution >= 4 is 17.6 Å². The van der Waals surface area contributed by atoms with Crippen molar-refractivity contribution in [3.05, 3.63) is 48.0 Å². The number of anilines is 1. The Morgan fingerprint density at radius 3 is 2.65 bits per heavy atom. The van der Waals surface area contributed by atoms with E-state index in [2.05, 4.69) is 10.6 Å². The van der Waals surface area contributed by atoms with Crippen LogP contribution in [0.4, 0.5) is 10.5 Å². The van der Waals surface area contributed by atoms with E-state index in [9.17, 15) is 9.59 Å². The zero-order valence-electron chi connectivity index (χ0n) is 17.6. The minimum atomic E-state index is -0.345. The lowest BCUT2D eigenvalue weighted by Crippen LogP contribution is -2.35. The van der Waals surface area contributed by atoms with E-state index in [1.165, 1.54) is 0 Å². The normalized spacial score (nSPS) is 17.2. The largest absolute Gasteiger partial charge is 0.497 e. The monoisotopic (exact) mass is 425 g/mol. The average Bonchev–Trinajstić information content (AvgIpc) is 3.29. The molecule has 2 aromatic carbocycles. The second-order valence-corrected chi connectivity index (χ2v) is 7.51. The van der Waals surface area contributed by atoms with Crippen LogP contribution in [0.3, 0.4) is 0 Å². The van der Waals surface area contributed by atoms with Gasteiger partial charge in [-0.3, -0.25) is 4.79 Å². The SMILES string of the molecule is COc1ccc(NC(=O)NCCC(=O)N2CCC[C@H]2c2ccc3c(c2)OCCO3)cc1. The van der Waals surface area contributed by atoms with Gasteiger partial charge in [-0.2, -0.15) is 0 Å². The van der Waals surface area contributed by atoms with Gasteiger partial charge in [0.15, 0.2) is 11.5 Å². The molecule has 164 valence electrons. The summed E-state index contributed by atoms with van der Waals surface area (Å²) in [7, 11) is 1.59. The van der Waals surface area contributed by atoms with E-state index >= 15 is 0 Å². The fraction of sp³-hybridized carbons (Fsp3) is 0.391. The van der Waals surface area contributed by atoms with Gasteiger partial charge in [0, 0.05) is 25.2 Å². The number of methoxy groups -OCH3 is 1. The smallest absolute Gasteiger partial charge is 0.319 e. The van der Waals surface area contributed by atoms with Crippen molar-refractivity contribution in [1.29, 1.82) is 0 Å². The third kappa shape index (κ3) is 5.02. The molecule has 0 radical (unpaired) electrons. The molecule has 2 aliphatic rings. The summed E-state index contributed by atoms with van der Waals surface area (Å²) in [5.41, 5.74) is 1.71. The molecule has 0 saturated carbocycles. The third-order valence-electron chi connectivity index (χ3n) is 5.50. The minimum absolute atomic E-state index is 0.0245. The molecule has 1 fully saturated rings. The number of fused-ring (bicyclic) bond motifs is 1. The van der Waals surface area contributed by atoms with E-state index in [-0.39, 0.29) is 30.9 Å². The number of likely N-dealkylation sites (tertiary alicyclic amines) is 1. The second-order valence-electron chi connectivity index (χ2n) is 7.51. The maximum atomic E-state index is 12.8. The number of nitrogens with one attached hydrogen (secondary N) is 2. The molecule has 1 atom stereocenters. The van der Waals surface area contributed by atoms with Gasteiger partial charge in [-0.15, -0.1) is 0 Å². The Balaban J connectivity index is 1.28. The quantitative estimate of drug-likeness (QED) is 0.741. The molecule has 3 amide bonds. The standard InChI is InChI=1S/C23H27N3O5/c1-29-18-7-5-17(6-8-18)25-23(28)24-11-10-22(27)26-12-2-3-19(26)16-4-9-20-21(15-16)31-14-13-30-20/h4-9,15,19H,2-3,10-14H2,1H3,(H2,24,25,28)/t19-/m0/s1. The molecule has 0 aromatic heterocycles. The highest BCUT2D eigenvalue weighted by Gasteiger charge is 2.30. The van der Waals surface area contributed by atoms with Crippen LogP contribution in [-0.4, -0.2) is 50.3 Å². The summed E-state index contributed by atoms with van der Waals surface area (Å²) in [6.07, 6.45) is 2.12. The summed E-state index contributed by atoms with van der Waals surface area (Å²) in [6, 6.07) is 12.6. The number of rotatable bonds is 6. The topological polar surface area (TPSA) is 89.1 Å². The highest BCUT2D eigenvalue weighted by atomic mass is 16.6. The van der Waals surface area contributed by atoms with Crippen molar-refractivity contribution < 1.29 is 23.8 Å². The van der Waals surface area contributed by atoms with Crippen LogP contribution in [0.5, 0.6) is 17.2 Å². The number of benzene rings is 2. The fourth-order valence-corrected chi connectivity index (χ4v) is 3.96. The molecule has 31 heavy (non-hydrogen) atoms. The number of nitrogens with zero attached hydrogens (tertiary/aromatic N) is 1. The first kappa shape index (κ1) is 20.8. The zero-order valence-corrected chi connectivity index (χ0v) is 17.6. The van der Waals surface area contributed by atoms with Crippen molar-refractivity contribution in [3.8, 4) is 17.2 Å².